The van der Waals surface area contributed by atoms with Crippen LogP contribution in [0.15, 0.2) is 46.2 Å². The number of nitrogens with zero attached hydrogens (tertiary/aromatic N) is 1. The van der Waals surface area contributed by atoms with E-state index in [9.17, 15) is 44.5 Å². The Labute approximate surface area is 179 Å². The molecule has 0 saturated heterocycles. The molecule has 2 aromatic rings. The molecule has 0 radical (unpaired) electrons. The van der Waals surface area contributed by atoms with Crippen molar-refractivity contribution in [2.75, 3.05) is 18.2 Å². The molecule has 178 valence electrons. The zero-order valence-corrected chi connectivity index (χ0v) is 17.9. The molecule has 10 nitrogen and oxygen atoms in total. The van der Waals surface area contributed by atoms with E-state index in [1.165, 1.54) is 6.07 Å². The van der Waals surface area contributed by atoms with Gasteiger partial charge in [0.2, 0.25) is 0 Å². The van der Waals surface area contributed by atoms with Crippen molar-refractivity contribution < 1.29 is 48.8 Å². The second-order valence-electron chi connectivity index (χ2n) is 5.96. The number of nitrogen functional groups attached to an aromatic ring is 1. The maximum Gasteiger partial charge on any atom is 0.387 e. The molecular weight excluding hydrogens is 488 g/mol. The van der Waals surface area contributed by atoms with Crippen LogP contribution in [0.1, 0.15) is 0 Å². The lowest BCUT2D eigenvalue weighted by molar-refractivity contribution is -0.385. The molecule has 2 rings (SSSR count). The van der Waals surface area contributed by atoms with Crippen LogP contribution in [0.25, 0.3) is 0 Å². The summed E-state index contributed by atoms with van der Waals surface area (Å²) in [6.45, 7) is -6.20. The van der Waals surface area contributed by atoms with E-state index >= 15 is 0 Å². The molecule has 0 amide bonds. The largest absolute Gasteiger partial charge is 0.435 e. The Morgan fingerprint density at radius 2 is 1.22 bits per heavy atom. The number of rotatable bonds is 7. The highest BCUT2D eigenvalue weighted by atomic mass is 32.2. The number of nitrogens with two attached hydrogens (primary N) is 1. The predicted octanol–water partition coefficient (Wildman–Crippen LogP) is 2.87. The molecular formula is C16H16F4N2O8S2. The topological polar surface area (TPSA) is 156 Å². The van der Waals surface area contributed by atoms with Gasteiger partial charge in [-0.25, -0.2) is 16.8 Å². The molecule has 0 fully saturated rings. The number of anilines is 1. The molecule has 0 saturated carbocycles. The monoisotopic (exact) mass is 504 g/mol. The molecule has 32 heavy (non-hydrogen) atoms. The Morgan fingerprint density at radius 3 is 1.59 bits per heavy atom. The molecule has 16 heteroatoms. The average molecular weight is 504 g/mol. The lowest BCUT2D eigenvalue weighted by Crippen LogP contribution is -2.05. The van der Waals surface area contributed by atoms with Gasteiger partial charge in [-0.2, -0.15) is 17.6 Å². The fraction of sp³-hybridized carbons (Fsp3) is 0.250. The van der Waals surface area contributed by atoms with Gasteiger partial charge in [-0.1, -0.05) is 0 Å². The van der Waals surface area contributed by atoms with Gasteiger partial charge >= 0.3 is 13.2 Å². The van der Waals surface area contributed by atoms with Crippen LogP contribution >= 0.6 is 0 Å². The molecule has 0 unspecified atom stereocenters. The van der Waals surface area contributed by atoms with Crippen molar-refractivity contribution in [2.45, 2.75) is 23.0 Å². The quantitative estimate of drug-likeness (QED) is 0.259. The van der Waals surface area contributed by atoms with Crippen molar-refractivity contribution in [3.05, 3.63) is 46.5 Å². The van der Waals surface area contributed by atoms with Crippen molar-refractivity contribution in [1.82, 2.24) is 0 Å². The summed E-state index contributed by atoms with van der Waals surface area (Å²) in [6, 6.07) is 5.59. The zero-order chi connectivity index (χ0) is 24.9. The Morgan fingerprint density at radius 1 is 0.812 bits per heavy atom. The summed E-state index contributed by atoms with van der Waals surface area (Å²) >= 11 is 0. The van der Waals surface area contributed by atoms with Crippen molar-refractivity contribution in [2.24, 2.45) is 0 Å². The minimum absolute atomic E-state index is 0.0496. The van der Waals surface area contributed by atoms with E-state index in [0.29, 0.717) is 0 Å². The lowest BCUT2D eigenvalue weighted by atomic mass is 10.3. The summed E-state index contributed by atoms with van der Waals surface area (Å²) in [7, 11) is -7.23. The molecule has 0 atom stereocenters. The predicted molar refractivity (Wildman–Crippen MR) is 103 cm³/mol. The van der Waals surface area contributed by atoms with E-state index < -0.39 is 54.2 Å². The van der Waals surface area contributed by atoms with Crippen LogP contribution in [0.2, 0.25) is 0 Å². The lowest BCUT2D eigenvalue weighted by Gasteiger charge is -2.07. The number of benzene rings is 2. The van der Waals surface area contributed by atoms with Gasteiger partial charge in [0.15, 0.2) is 19.7 Å². The van der Waals surface area contributed by atoms with Crippen molar-refractivity contribution >= 4 is 31.0 Å². The van der Waals surface area contributed by atoms with Crippen molar-refractivity contribution in [3.63, 3.8) is 0 Å². The number of nitro benzene ring substituents is 1. The summed E-state index contributed by atoms with van der Waals surface area (Å²) in [4.78, 5) is 8.98. The van der Waals surface area contributed by atoms with E-state index in [1.807, 2.05) is 0 Å². The number of hydrogen-bond acceptors (Lipinski definition) is 9. The molecule has 0 aliphatic rings. The Hall–Kier alpha value is -3.14. The fourth-order valence-corrected chi connectivity index (χ4v) is 3.37. The second kappa shape index (κ2) is 10.4. The highest BCUT2D eigenvalue weighted by Gasteiger charge is 2.18. The number of hydrogen-bond donors (Lipinski definition) is 1. The van der Waals surface area contributed by atoms with Crippen LogP contribution in [0, 0.1) is 10.1 Å². The third-order valence-corrected chi connectivity index (χ3v) is 5.47. The van der Waals surface area contributed by atoms with Gasteiger partial charge in [0, 0.05) is 30.3 Å². The molecule has 2 aromatic carbocycles. The minimum Gasteiger partial charge on any atom is -0.435 e. The van der Waals surface area contributed by atoms with Crippen LogP contribution in [0.3, 0.4) is 0 Å². The maximum atomic E-state index is 11.9. The minimum atomic E-state index is -3.75. The normalized spacial score (nSPS) is 11.6. The standard InChI is InChI=1S/C8H7F2NO5S.C8H9F2NO3S/c1-17(14,15)7-3-5(11(12)13)2-6(4-7)16-8(9)10;1-15(12,13)7-3-5(11)2-6(4-7)14-8(9)10/h2-4,8H,1H3;2-4,8H,11H2,1H3. The molecule has 2 N–H and O–H groups in total. The van der Waals surface area contributed by atoms with Crippen molar-refractivity contribution in [3.8, 4) is 11.5 Å². The van der Waals surface area contributed by atoms with Gasteiger partial charge in [0.05, 0.1) is 20.8 Å². The maximum absolute atomic E-state index is 11.9. The van der Waals surface area contributed by atoms with Gasteiger partial charge in [-0.05, 0) is 18.2 Å². The highest BCUT2D eigenvalue weighted by Crippen LogP contribution is 2.27. The first-order valence-corrected chi connectivity index (χ1v) is 11.8. The first kappa shape index (κ1) is 26.9. The van der Waals surface area contributed by atoms with Gasteiger partial charge in [-0.3, -0.25) is 10.1 Å². The highest BCUT2D eigenvalue weighted by molar-refractivity contribution is 7.91. The first-order chi connectivity index (χ1) is 14.5. The van der Waals surface area contributed by atoms with Crippen LogP contribution in [-0.4, -0.2) is 47.5 Å². The van der Waals surface area contributed by atoms with Crippen LogP contribution in [0.5, 0.6) is 11.5 Å². The number of nitro groups is 1. The molecule has 0 bridgehead atoms. The molecule has 0 aromatic heterocycles. The van der Waals surface area contributed by atoms with Gasteiger partial charge in [0.25, 0.3) is 5.69 Å². The zero-order valence-electron chi connectivity index (χ0n) is 16.2. The number of sulfone groups is 2. The summed E-state index contributed by atoms with van der Waals surface area (Å²) in [5, 5.41) is 10.5. The summed E-state index contributed by atoms with van der Waals surface area (Å²) in [5.74, 6) is -0.847. The Kier molecular flexibility index (Phi) is 8.78. The fourth-order valence-electron chi connectivity index (χ4n) is 2.03. The van der Waals surface area contributed by atoms with Gasteiger partial charge in [-0.15, -0.1) is 0 Å². The van der Waals surface area contributed by atoms with E-state index in [2.05, 4.69) is 9.47 Å². The first-order valence-electron chi connectivity index (χ1n) is 7.99. The van der Waals surface area contributed by atoms with Crippen molar-refractivity contribution in [1.29, 1.82) is 0 Å². The third kappa shape index (κ3) is 8.93. The average Bonchev–Trinajstić information content (AvgIpc) is 2.58. The number of alkyl halides is 4. The van der Waals surface area contributed by atoms with E-state index in [0.717, 1.165) is 42.8 Å². The third-order valence-electron chi connectivity index (χ3n) is 3.28. The van der Waals surface area contributed by atoms with Gasteiger partial charge < -0.3 is 15.2 Å². The van der Waals surface area contributed by atoms with E-state index in [4.69, 9.17) is 5.73 Å². The molecule has 0 spiro atoms. The summed E-state index contributed by atoms with van der Waals surface area (Å²) in [5.41, 5.74) is 4.76. The SMILES string of the molecule is CS(=O)(=O)c1cc(N)cc(OC(F)F)c1.CS(=O)(=O)c1cc(OC(F)F)cc([N+](=O)[O-])c1. The van der Waals surface area contributed by atoms with Crippen LogP contribution < -0.4 is 15.2 Å². The second-order valence-corrected chi connectivity index (χ2v) is 9.99. The van der Waals surface area contributed by atoms with Gasteiger partial charge in [0.1, 0.15) is 11.5 Å². The smallest absolute Gasteiger partial charge is 0.387 e. The number of non-ortho nitro benzene ring substituents is 1. The molecule has 0 aliphatic heterocycles. The Balaban J connectivity index is 0.000000323. The van der Waals surface area contributed by atoms with E-state index in [-0.39, 0.29) is 16.3 Å². The van der Waals surface area contributed by atoms with E-state index in [1.54, 1.807) is 0 Å². The molecule has 0 heterocycles. The number of ether oxygens (including phenoxy) is 2. The van der Waals surface area contributed by atoms with Crippen LogP contribution in [0.4, 0.5) is 28.9 Å². The summed E-state index contributed by atoms with van der Waals surface area (Å²) < 4.78 is 100. The Bertz CT molecular complexity index is 1190. The van der Waals surface area contributed by atoms with Crippen LogP contribution in [-0.2, 0) is 19.7 Å². The summed E-state index contributed by atoms with van der Waals surface area (Å²) in [6.07, 6.45) is 1.76. The molecule has 0 aliphatic carbocycles. The number of halogens is 4.